The Morgan fingerprint density at radius 1 is 0.969 bits per heavy atom. The van der Waals surface area contributed by atoms with E-state index in [0.29, 0.717) is 44.7 Å². The van der Waals surface area contributed by atoms with Gasteiger partial charge in [-0.25, -0.2) is 4.21 Å². The molecule has 0 saturated heterocycles. The maximum Gasteiger partial charge on any atom is 0.259 e. The molecule has 7 heteroatoms. The van der Waals surface area contributed by atoms with Crippen LogP contribution in [0.4, 0.5) is 5.69 Å². The summed E-state index contributed by atoms with van der Waals surface area (Å²) in [6.45, 7) is 5.27. The van der Waals surface area contributed by atoms with Crippen molar-refractivity contribution in [2.75, 3.05) is 18.0 Å². The summed E-state index contributed by atoms with van der Waals surface area (Å²) in [5, 5.41) is 0.606. The first-order valence-electron chi connectivity index (χ1n) is 10.4. The van der Waals surface area contributed by atoms with Crippen molar-refractivity contribution in [1.29, 1.82) is 0 Å². The van der Waals surface area contributed by atoms with Crippen molar-refractivity contribution in [3.05, 3.63) is 88.4 Å². The van der Waals surface area contributed by atoms with Gasteiger partial charge in [0.15, 0.2) is 0 Å². The van der Waals surface area contributed by atoms with Crippen molar-refractivity contribution in [2.45, 2.75) is 30.2 Å². The van der Waals surface area contributed by atoms with Gasteiger partial charge < -0.3 is 9.80 Å². The molecule has 1 atom stereocenters. The van der Waals surface area contributed by atoms with Gasteiger partial charge in [0.1, 0.15) is 0 Å². The summed E-state index contributed by atoms with van der Waals surface area (Å²) in [5.41, 5.74) is 2.22. The molecule has 0 unspecified atom stereocenters. The van der Waals surface area contributed by atoms with Gasteiger partial charge in [-0.15, -0.1) is 0 Å². The zero-order valence-corrected chi connectivity index (χ0v) is 19.4. The van der Waals surface area contributed by atoms with E-state index in [4.69, 9.17) is 11.6 Å². The van der Waals surface area contributed by atoms with Crippen LogP contribution >= 0.6 is 11.6 Å². The minimum Gasteiger partial charge on any atom is -0.339 e. The summed E-state index contributed by atoms with van der Waals surface area (Å²) in [6, 6.07) is 19.3. The molecule has 164 valence electrons. The Morgan fingerprint density at radius 2 is 1.66 bits per heavy atom. The molecule has 1 aliphatic heterocycles. The lowest BCUT2D eigenvalue weighted by Crippen LogP contribution is -2.32. The molecule has 3 aromatic carbocycles. The summed E-state index contributed by atoms with van der Waals surface area (Å²) < 4.78 is 13.5. The van der Waals surface area contributed by atoms with Crippen LogP contribution in [0.25, 0.3) is 0 Å². The van der Waals surface area contributed by atoms with Gasteiger partial charge in [0.05, 0.1) is 38.4 Å². The van der Waals surface area contributed by atoms with E-state index in [1.165, 1.54) is 0 Å². The van der Waals surface area contributed by atoms with Gasteiger partial charge in [0.2, 0.25) is 0 Å². The molecule has 32 heavy (non-hydrogen) atoms. The van der Waals surface area contributed by atoms with Gasteiger partial charge >= 0.3 is 0 Å². The number of nitrogens with zero attached hydrogens (tertiary/aromatic N) is 2. The fraction of sp³-hybridized carbons (Fsp3) is 0.200. The van der Waals surface area contributed by atoms with Crippen LogP contribution in [0.15, 0.2) is 76.5 Å². The van der Waals surface area contributed by atoms with Crippen LogP contribution in [0.3, 0.4) is 0 Å². The Hall–Kier alpha value is -2.96. The Labute approximate surface area is 195 Å². The number of anilines is 1. The quantitative estimate of drug-likeness (QED) is 0.522. The van der Waals surface area contributed by atoms with Gasteiger partial charge in [0.25, 0.3) is 11.8 Å². The molecule has 2 amide bonds. The Morgan fingerprint density at radius 3 is 2.34 bits per heavy atom. The Kier molecular flexibility index (Phi) is 6.44. The lowest BCUT2D eigenvalue weighted by molar-refractivity contribution is 0.0772. The second-order valence-electron chi connectivity index (χ2n) is 7.44. The molecule has 0 spiro atoms. The summed E-state index contributed by atoms with van der Waals surface area (Å²) >= 11 is 6.03. The highest BCUT2D eigenvalue weighted by molar-refractivity contribution is 7.85. The normalized spacial score (nSPS) is 15.0. The summed E-state index contributed by atoms with van der Waals surface area (Å²) in [5.74, 6) is -0.376. The van der Waals surface area contributed by atoms with Crippen LogP contribution < -0.4 is 4.90 Å². The number of rotatable bonds is 5. The number of carbonyl (C=O) groups is 2. The maximum absolute atomic E-state index is 13.6. The predicted molar refractivity (Wildman–Crippen MR) is 127 cm³/mol. The number of halogens is 1. The number of benzene rings is 3. The molecular weight excluding hydrogens is 444 g/mol. The third kappa shape index (κ3) is 4.08. The van der Waals surface area contributed by atoms with Crippen molar-refractivity contribution in [3.63, 3.8) is 0 Å². The molecule has 0 aromatic heterocycles. The zero-order valence-electron chi connectivity index (χ0n) is 17.9. The van der Waals surface area contributed by atoms with Gasteiger partial charge in [0, 0.05) is 23.7 Å². The maximum atomic E-state index is 13.6. The molecule has 1 heterocycles. The van der Waals surface area contributed by atoms with Gasteiger partial charge in [-0.3, -0.25) is 9.59 Å². The first-order valence-corrected chi connectivity index (χ1v) is 12.0. The third-order valence-corrected chi connectivity index (χ3v) is 7.32. The highest BCUT2D eigenvalue weighted by Gasteiger charge is 2.31. The van der Waals surface area contributed by atoms with Crippen molar-refractivity contribution in [3.8, 4) is 0 Å². The second-order valence-corrected chi connectivity index (χ2v) is 9.30. The van der Waals surface area contributed by atoms with Crippen molar-refractivity contribution < 1.29 is 13.8 Å². The summed E-state index contributed by atoms with van der Waals surface area (Å²) in [4.78, 5) is 30.9. The SMILES string of the molecule is CCN(CC)C(=O)c1ccc2c(c1)N(Cc1ccc(Cl)cc1)C(=O)c1ccccc1[S@@]2=O. The van der Waals surface area contributed by atoms with Crippen LogP contribution in [0.1, 0.15) is 40.1 Å². The molecule has 0 N–H and O–H groups in total. The molecular formula is C25H23ClN2O3S. The Balaban J connectivity index is 1.87. The number of carbonyl (C=O) groups excluding carboxylic acids is 2. The van der Waals surface area contributed by atoms with E-state index in [9.17, 15) is 13.8 Å². The van der Waals surface area contributed by atoms with Crippen molar-refractivity contribution in [2.24, 2.45) is 0 Å². The van der Waals surface area contributed by atoms with Crippen molar-refractivity contribution >= 4 is 39.9 Å². The molecule has 0 aliphatic carbocycles. The number of fused-ring (bicyclic) bond motifs is 2. The lowest BCUT2D eigenvalue weighted by Gasteiger charge is -2.25. The summed E-state index contributed by atoms with van der Waals surface area (Å²) in [6.07, 6.45) is 0. The zero-order chi connectivity index (χ0) is 22.8. The van der Waals surface area contributed by atoms with Crippen LogP contribution in [0, 0.1) is 0 Å². The fourth-order valence-electron chi connectivity index (χ4n) is 3.82. The molecule has 4 rings (SSSR count). The molecule has 1 aliphatic rings. The van der Waals surface area contributed by atoms with Gasteiger partial charge in [-0.05, 0) is 61.9 Å². The van der Waals surface area contributed by atoms with Crippen LogP contribution in [0.5, 0.6) is 0 Å². The number of hydrogen-bond donors (Lipinski definition) is 0. The van der Waals surface area contributed by atoms with E-state index in [1.54, 1.807) is 64.4 Å². The summed E-state index contributed by atoms with van der Waals surface area (Å²) in [7, 11) is -1.55. The number of amides is 2. The Bertz CT molecular complexity index is 1210. The first-order chi connectivity index (χ1) is 15.4. The smallest absolute Gasteiger partial charge is 0.259 e. The third-order valence-electron chi connectivity index (χ3n) is 5.56. The topological polar surface area (TPSA) is 57.7 Å². The van der Waals surface area contributed by atoms with Gasteiger partial charge in [-0.1, -0.05) is 35.9 Å². The van der Waals surface area contributed by atoms with Crippen LogP contribution in [-0.2, 0) is 17.3 Å². The largest absolute Gasteiger partial charge is 0.339 e. The van der Waals surface area contributed by atoms with E-state index >= 15 is 0 Å². The average molecular weight is 467 g/mol. The van der Waals surface area contributed by atoms with Crippen LogP contribution in [0.2, 0.25) is 5.02 Å². The monoisotopic (exact) mass is 466 g/mol. The van der Waals surface area contributed by atoms with Crippen molar-refractivity contribution in [1.82, 2.24) is 4.90 Å². The highest BCUT2D eigenvalue weighted by atomic mass is 35.5. The molecule has 0 bridgehead atoms. The first kappa shape index (κ1) is 22.2. The molecule has 0 fully saturated rings. The molecule has 0 radical (unpaired) electrons. The van der Waals surface area contributed by atoms with E-state index in [1.807, 2.05) is 26.0 Å². The fourth-order valence-corrected chi connectivity index (χ4v) is 5.29. The lowest BCUT2D eigenvalue weighted by atomic mass is 10.1. The molecule has 3 aromatic rings. The molecule has 0 saturated carbocycles. The van der Waals surface area contributed by atoms with E-state index in [-0.39, 0.29) is 18.4 Å². The minimum absolute atomic E-state index is 0.121. The highest BCUT2D eigenvalue weighted by Crippen LogP contribution is 2.36. The van der Waals surface area contributed by atoms with E-state index < -0.39 is 10.8 Å². The molecule has 5 nitrogen and oxygen atoms in total. The predicted octanol–water partition coefficient (Wildman–Crippen LogP) is 5.15. The standard InChI is InChI=1S/C25H23ClN2O3S/c1-3-27(4-2)24(29)18-11-14-23-21(15-18)28(16-17-9-12-19(26)13-10-17)25(30)20-7-5-6-8-22(20)32(23)31/h5-15H,3-4,16H2,1-2H3/t32-/m0/s1. The average Bonchev–Trinajstić information content (AvgIpc) is 2.90. The van der Waals surface area contributed by atoms with Crippen LogP contribution in [-0.4, -0.2) is 34.0 Å². The number of hydrogen-bond acceptors (Lipinski definition) is 3. The van der Waals surface area contributed by atoms with E-state index in [0.717, 1.165) is 5.56 Å². The van der Waals surface area contributed by atoms with E-state index in [2.05, 4.69) is 0 Å². The second kappa shape index (κ2) is 9.27. The van der Waals surface area contributed by atoms with Gasteiger partial charge in [-0.2, -0.15) is 0 Å². The minimum atomic E-state index is -1.55.